The first-order valence-electron chi connectivity index (χ1n) is 5.94. The monoisotopic (exact) mass is 346 g/mol. The Hall–Kier alpha value is -1.27. The van der Waals surface area contributed by atoms with Gasteiger partial charge in [0.2, 0.25) is 0 Å². The zero-order valence-corrected chi connectivity index (χ0v) is 13.0. The van der Waals surface area contributed by atoms with E-state index in [4.69, 9.17) is 48.7 Å². The molecule has 0 unspecified atom stereocenters. The number of benzene rings is 1. The number of furan rings is 1. The van der Waals surface area contributed by atoms with Crippen LogP contribution in [0.4, 0.5) is 0 Å². The molecular weight excluding hydrogens is 339 g/mol. The highest BCUT2D eigenvalue weighted by Gasteiger charge is 2.31. The van der Waals surface area contributed by atoms with E-state index in [1.807, 2.05) is 19.1 Å². The van der Waals surface area contributed by atoms with Gasteiger partial charge in [0, 0.05) is 10.9 Å². The van der Waals surface area contributed by atoms with Gasteiger partial charge in [-0.25, -0.2) is 0 Å². The van der Waals surface area contributed by atoms with Crippen LogP contribution in [0.15, 0.2) is 27.0 Å². The second-order valence-electron chi connectivity index (χ2n) is 4.45. The lowest BCUT2D eigenvalue weighted by atomic mass is 10.1. The molecule has 8 heteroatoms. The molecule has 2 heterocycles. The van der Waals surface area contributed by atoms with Crippen molar-refractivity contribution in [3.05, 3.63) is 35.2 Å². The number of halogens is 3. The molecule has 0 amide bonds. The predicted octanol–water partition coefficient (Wildman–Crippen LogP) is 4.11. The van der Waals surface area contributed by atoms with E-state index in [1.54, 1.807) is 6.07 Å². The number of nitrogens with zero attached hydrogens (tertiary/aromatic N) is 2. The Morgan fingerprint density at radius 2 is 1.95 bits per heavy atom. The average Bonchev–Trinajstić information content (AvgIpc) is 3.03. The highest BCUT2D eigenvalue weighted by atomic mass is 35.6. The lowest BCUT2D eigenvalue weighted by Crippen LogP contribution is -1.99. The molecule has 0 fully saturated rings. The molecule has 1 N–H and O–H groups in total. The van der Waals surface area contributed by atoms with Crippen molar-refractivity contribution in [2.45, 2.75) is 17.3 Å². The smallest absolute Gasteiger partial charge is 0.284 e. The lowest BCUT2D eigenvalue weighted by molar-refractivity contribution is 0.282. The molecule has 3 rings (SSSR count). The van der Waals surface area contributed by atoms with E-state index < -0.39 is 3.79 Å². The summed E-state index contributed by atoms with van der Waals surface area (Å²) in [5.41, 5.74) is 2.19. The second-order valence-corrected chi connectivity index (χ2v) is 6.74. The van der Waals surface area contributed by atoms with Gasteiger partial charge >= 0.3 is 0 Å². The van der Waals surface area contributed by atoms with Gasteiger partial charge in [0.25, 0.3) is 15.6 Å². The fraction of sp³-hybridized carbons (Fsp3) is 0.231. The fourth-order valence-corrected chi connectivity index (χ4v) is 2.23. The highest BCUT2D eigenvalue weighted by molar-refractivity contribution is 6.66. The molecule has 0 aliphatic rings. The Labute approximate surface area is 134 Å². The van der Waals surface area contributed by atoms with Crippen molar-refractivity contribution in [3.63, 3.8) is 0 Å². The highest BCUT2D eigenvalue weighted by Crippen LogP contribution is 2.39. The largest absolute Gasteiger partial charge is 0.451 e. The van der Waals surface area contributed by atoms with Gasteiger partial charge in [-0.3, -0.25) is 0 Å². The van der Waals surface area contributed by atoms with E-state index in [1.165, 1.54) is 0 Å². The van der Waals surface area contributed by atoms with Gasteiger partial charge < -0.3 is 13.9 Å². The molecule has 1 aromatic carbocycles. The van der Waals surface area contributed by atoms with Crippen molar-refractivity contribution < 1.29 is 13.9 Å². The maximum absolute atomic E-state index is 9.16. The fourth-order valence-electron chi connectivity index (χ4n) is 2.00. The van der Waals surface area contributed by atoms with Crippen LogP contribution >= 0.6 is 34.8 Å². The van der Waals surface area contributed by atoms with E-state index in [2.05, 4.69) is 10.2 Å². The summed E-state index contributed by atoms with van der Waals surface area (Å²) < 4.78 is 9.27. The number of fused-ring (bicyclic) bond motifs is 1. The number of aromatic nitrogens is 2. The summed E-state index contributed by atoms with van der Waals surface area (Å²) in [6.07, 6.45) is 0. The van der Waals surface area contributed by atoms with Crippen molar-refractivity contribution in [3.8, 4) is 11.7 Å². The number of aliphatic hydroxyl groups excluding tert-OH is 1. The maximum atomic E-state index is 9.16. The van der Waals surface area contributed by atoms with Crippen LogP contribution in [0, 0.1) is 6.92 Å². The van der Waals surface area contributed by atoms with Crippen LogP contribution in [0.5, 0.6) is 0 Å². The molecule has 21 heavy (non-hydrogen) atoms. The zero-order chi connectivity index (χ0) is 15.2. The molecule has 3 aromatic rings. The quantitative estimate of drug-likeness (QED) is 0.706. The summed E-state index contributed by atoms with van der Waals surface area (Å²) >= 11 is 17.1. The molecule has 0 saturated carbocycles. The number of aryl methyl sites for hydroxylation is 1. The molecule has 0 spiro atoms. The first-order chi connectivity index (χ1) is 9.90. The van der Waals surface area contributed by atoms with Crippen LogP contribution in [0.2, 0.25) is 0 Å². The Morgan fingerprint density at radius 1 is 1.19 bits per heavy atom. The Balaban J connectivity index is 2.12. The SMILES string of the molecule is Cc1c(-c2nnc(C(Cl)(Cl)Cl)o2)oc2cc(CO)ccc12. The first-order valence-corrected chi connectivity index (χ1v) is 7.07. The van der Waals surface area contributed by atoms with E-state index >= 15 is 0 Å². The molecule has 5 nitrogen and oxygen atoms in total. The van der Waals surface area contributed by atoms with Crippen LogP contribution in [0.25, 0.3) is 22.6 Å². The van der Waals surface area contributed by atoms with Crippen LogP contribution in [-0.2, 0) is 10.4 Å². The normalized spacial score (nSPS) is 12.2. The molecule has 0 aliphatic carbocycles. The molecule has 0 saturated heterocycles. The first kappa shape index (κ1) is 14.7. The summed E-state index contributed by atoms with van der Waals surface area (Å²) in [5.74, 6) is 0.419. The van der Waals surface area contributed by atoms with Gasteiger partial charge in [-0.15, -0.1) is 10.2 Å². The maximum Gasteiger partial charge on any atom is 0.284 e. The summed E-state index contributed by atoms with van der Waals surface area (Å²) in [6.45, 7) is 1.79. The standard InChI is InChI=1S/C13H9Cl3N2O3/c1-6-8-3-2-7(5-19)4-9(8)20-10(6)11-17-18-12(21-11)13(14,15)16/h2-4,19H,5H2,1H3. The number of hydrogen-bond donors (Lipinski definition) is 1. The molecule has 0 aliphatic heterocycles. The number of aliphatic hydroxyl groups is 1. The van der Waals surface area contributed by atoms with Crippen LogP contribution in [-0.4, -0.2) is 15.3 Å². The number of hydrogen-bond acceptors (Lipinski definition) is 5. The Morgan fingerprint density at radius 3 is 2.57 bits per heavy atom. The van der Waals surface area contributed by atoms with E-state index in [0.29, 0.717) is 11.3 Å². The van der Waals surface area contributed by atoms with Crippen LogP contribution in [0.3, 0.4) is 0 Å². The average molecular weight is 348 g/mol. The van der Waals surface area contributed by atoms with Gasteiger partial charge in [-0.05, 0) is 18.6 Å². The third kappa shape index (κ3) is 2.62. The van der Waals surface area contributed by atoms with Crippen molar-refractivity contribution in [1.29, 1.82) is 0 Å². The topological polar surface area (TPSA) is 72.3 Å². The van der Waals surface area contributed by atoms with E-state index in [9.17, 15) is 0 Å². The lowest BCUT2D eigenvalue weighted by Gasteiger charge is -2.02. The number of alkyl halides is 3. The summed E-state index contributed by atoms with van der Waals surface area (Å²) in [5, 5.41) is 17.6. The molecule has 0 bridgehead atoms. The molecular formula is C13H9Cl3N2O3. The van der Waals surface area contributed by atoms with Crippen LogP contribution < -0.4 is 0 Å². The van der Waals surface area contributed by atoms with Crippen molar-refractivity contribution in [2.24, 2.45) is 0 Å². The van der Waals surface area contributed by atoms with Gasteiger partial charge in [0.05, 0.1) is 6.61 Å². The Bertz CT molecular complexity index is 805. The van der Waals surface area contributed by atoms with Gasteiger partial charge in [0.15, 0.2) is 5.76 Å². The zero-order valence-electron chi connectivity index (χ0n) is 10.7. The van der Waals surface area contributed by atoms with Gasteiger partial charge in [-0.2, -0.15) is 0 Å². The Kier molecular flexibility index (Phi) is 3.61. The van der Waals surface area contributed by atoms with Gasteiger partial charge in [0.1, 0.15) is 5.58 Å². The van der Waals surface area contributed by atoms with E-state index in [0.717, 1.165) is 16.5 Å². The minimum Gasteiger partial charge on any atom is -0.451 e. The van der Waals surface area contributed by atoms with Crippen molar-refractivity contribution in [2.75, 3.05) is 0 Å². The van der Waals surface area contributed by atoms with Gasteiger partial charge in [-0.1, -0.05) is 46.9 Å². The summed E-state index contributed by atoms with van der Waals surface area (Å²) in [4.78, 5) is 0. The molecule has 110 valence electrons. The second kappa shape index (κ2) is 5.18. The molecule has 2 aromatic heterocycles. The third-order valence-corrected chi connectivity index (χ3v) is 3.53. The minimum atomic E-state index is -1.78. The molecule has 0 radical (unpaired) electrons. The summed E-state index contributed by atoms with van der Waals surface area (Å²) in [7, 11) is 0. The summed E-state index contributed by atoms with van der Waals surface area (Å²) in [6, 6.07) is 5.42. The van der Waals surface area contributed by atoms with Crippen molar-refractivity contribution in [1.82, 2.24) is 10.2 Å². The molecule has 0 atom stereocenters. The van der Waals surface area contributed by atoms with E-state index in [-0.39, 0.29) is 18.4 Å². The van der Waals surface area contributed by atoms with Crippen molar-refractivity contribution >= 4 is 45.8 Å². The van der Waals surface area contributed by atoms with Crippen LogP contribution in [0.1, 0.15) is 17.0 Å². The predicted molar refractivity (Wildman–Crippen MR) is 79.4 cm³/mol. The minimum absolute atomic E-state index is 0.0665. The third-order valence-electron chi connectivity index (χ3n) is 3.05. The number of rotatable bonds is 2.